The van der Waals surface area contributed by atoms with Gasteiger partial charge in [-0.2, -0.15) is 0 Å². The van der Waals surface area contributed by atoms with Crippen molar-refractivity contribution in [2.45, 2.75) is 51.6 Å². The van der Waals surface area contributed by atoms with Crippen LogP contribution in [0.5, 0.6) is 0 Å². The number of rotatable bonds is 4. The van der Waals surface area contributed by atoms with Gasteiger partial charge in [0.25, 0.3) is 0 Å². The third kappa shape index (κ3) is 2.48. The summed E-state index contributed by atoms with van der Waals surface area (Å²) in [5.74, 6) is 0.982. The van der Waals surface area contributed by atoms with Crippen LogP contribution in [0.2, 0.25) is 0 Å². The Balaban J connectivity index is 1.65. The number of likely N-dealkylation sites (tertiary alicyclic amines) is 1. The molecule has 0 bridgehead atoms. The molecule has 82 valence electrons. The Labute approximate surface area is 88.1 Å². The van der Waals surface area contributed by atoms with Crippen LogP contribution in [0, 0.1) is 5.92 Å². The van der Waals surface area contributed by atoms with Gasteiger partial charge in [-0.1, -0.05) is 13.8 Å². The normalized spacial score (nSPS) is 34.7. The molecule has 0 spiro atoms. The minimum absolute atomic E-state index is 0.806. The number of hydrogen-bond donors (Lipinski definition) is 1. The molecule has 2 aliphatic rings. The Morgan fingerprint density at radius 1 is 1.29 bits per heavy atom. The van der Waals surface area contributed by atoms with Gasteiger partial charge in [0, 0.05) is 12.1 Å². The van der Waals surface area contributed by atoms with Gasteiger partial charge in [0.15, 0.2) is 0 Å². The first-order valence-corrected chi connectivity index (χ1v) is 6.28. The third-order valence-corrected chi connectivity index (χ3v) is 3.75. The van der Waals surface area contributed by atoms with E-state index in [-0.39, 0.29) is 0 Å². The Morgan fingerprint density at radius 2 is 1.93 bits per heavy atom. The van der Waals surface area contributed by atoms with E-state index in [1.165, 1.54) is 45.3 Å². The molecule has 2 heteroatoms. The first-order valence-electron chi connectivity index (χ1n) is 6.28. The Bertz CT molecular complexity index is 173. The van der Waals surface area contributed by atoms with Crippen molar-refractivity contribution in [2.24, 2.45) is 5.92 Å². The van der Waals surface area contributed by atoms with Crippen molar-refractivity contribution in [1.82, 2.24) is 10.2 Å². The van der Waals surface area contributed by atoms with Gasteiger partial charge in [-0.3, -0.25) is 4.90 Å². The fourth-order valence-corrected chi connectivity index (χ4v) is 2.60. The van der Waals surface area contributed by atoms with Crippen LogP contribution in [0.1, 0.15) is 39.5 Å². The van der Waals surface area contributed by atoms with Gasteiger partial charge in [-0.05, 0) is 51.2 Å². The highest BCUT2D eigenvalue weighted by atomic mass is 15.2. The van der Waals surface area contributed by atoms with E-state index in [4.69, 9.17) is 0 Å². The molecule has 0 radical (unpaired) electrons. The van der Waals surface area contributed by atoms with E-state index in [0.29, 0.717) is 0 Å². The molecule has 2 atom stereocenters. The van der Waals surface area contributed by atoms with Gasteiger partial charge < -0.3 is 5.32 Å². The van der Waals surface area contributed by atoms with E-state index in [2.05, 4.69) is 24.1 Å². The smallest absolute Gasteiger partial charge is 0.0125 e. The highest BCUT2D eigenvalue weighted by Gasteiger charge is 2.38. The van der Waals surface area contributed by atoms with Crippen LogP contribution in [0.3, 0.4) is 0 Å². The molecule has 1 saturated carbocycles. The van der Waals surface area contributed by atoms with Crippen molar-refractivity contribution in [1.29, 1.82) is 0 Å². The van der Waals surface area contributed by atoms with E-state index in [0.717, 1.165) is 18.0 Å². The lowest BCUT2D eigenvalue weighted by molar-refractivity contribution is 0.183. The van der Waals surface area contributed by atoms with Crippen molar-refractivity contribution >= 4 is 0 Å². The summed E-state index contributed by atoms with van der Waals surface area (Å²) in [6, 6.07) is 1.75. The summed E-state index contributed by atoms with van der Waals surface area (Å²) in [6.45, 7) is 8.48. The van der Waals surface area contributed by atoms with Crippen molar-refractivity contribution < 1.29 is 0 Å². The van der Waals surface area contributed by atoms with Gasteiger partial charge in [-0.15, -0.1) is 0 Å². The van der Waals surface area contributed by atoms with Gasteiger partial charge in [-0.25, -0.2) is 0 Å². The zero-order valence-corrected chi connectivity index (χ0v) is 9.63. The Hall–Kier alpha value is -0.0800. The predicted octanol–water partition coefficient (Wildman–Crippen LogP) is 1.86. The Morgan fingerprint density at radius 3 is 2.43 bits per heavy atom. The minimum Gasteiger partial charge on any atom is -0.314 e. The molecule has 1 aliphatic heterocycles. The van der Waals surface area contributed by atoms with E-state index in [1.54, 1.807) is 0 Å². The standard InChI is InChI=1S/C12H24N2/c1-3-6-13-11-4-7-14(8-5-11)12-9-10(12)2/h10-13H,3-9H2,1-2H3. The fourth-order valence-electron chi connectivity index (χ4n) is 2.60. The molecule has 1 heterocycles. The second-order valence-corrected chi connectivity index (χ2v) is 5.04. The molecule has 2 nitrogen and oxygen atoms in total. The molecule has 2 fully saturated rings. The van der Waals surface area contributed by atoms with Crippen molar-refractivity contribution in [2.75, 3.05) is 19.6 Å². The summed E-state index contributed by atoms with van der Waals surface area (Å²) in [6.07, 6.45) is 5.44. The number of hydrogen-bond acceptors (Lipinski definition) is 2. The zero-order chi connectivity index (χ0) is 9.97. The molecule has 1 N–H and O–H groups in total. The topological polar surface area (TPSA) is 15.3 Å². The molecule has 0 aromatic carbocycles. The third-order valence-electron chi connectivity index (χ3n) is 3.75. The van der Waals surface area contributed by atoms with Gasteiger partial charge in [0.05, 0.1) is 0 Å². The number of nitrogens with zero attached hydrogens (tertiary/aromatic N) is 1. The summed E-state index contributed by atoms with van der Waals surface area (Å²) < 4.78 is 0. The molecular weight excluding hydrogens is 172 g/mol. The van der Waals surface area contributed by atoms with Gasteiger partial charge in [0.1, 0.15) is 0 Å². The van der Waals surface area contributed by atoms with Crippen molar-refractivity contribution in [3.63, 3.8) is 0 Å². The van der Waals surface area contributed by atoms with Crippen LogP contribution in [0.4, 0.5) is 0 Å². The van der Waals surface area contributed by atoms with Gasteiger partial charge in [0.2, 0.25) is 0 Å². The molecule has 1 aliphatic carbocycles. The molecule has 0 aromatic heterocycles. The maximum Gasteiger partial charge on any atom is 0.0125 e. The van der Waals surface area contributed by atoms with E-state index in [1.807, 2.05) is 0 Å². The molecular formula is C12H24N2. The number of piperidine rings is 1. The predicted molar refractivity (Wildman–Crippen MR) is 60.5 cm³/mol. The van der Waals surface area contributed by atoms with Crippen molar-refractivity contribution in [3.05, 3.63) is 0 Å². The largest absolute Gasteiger partial charge is 0.314 e. The zero-order valence-electron chi connectivity index (χ0n) is 9.63. The monoisotopic (exact) mass is 196 g/mol. The molecule has 0 aromatic rings. The maximum atomic E-state index is 3.64. The average molecular weight is 196 g/mol. The summed E-state index contributed by atoms with van der Waals surface area (Å²) in [7, 11) is 0. The molecule has 1 saturated heterocycles. The second kappa shape index (κ2) is 4.63. The quantitative estimate of drug-likeness (QED) is 0.738. The SMILES string of the molecule is CCCNC1CCN(C2CC2C)CC1. The van der Waals surface area contributed by atoms with E-state index >= 15 is 0 Å². The number of nitrogens with one attached hydrogen (secondary N) is 1. The molecule has 0 amide bonds. The lowest BCUT2D eigenvalue weighted by atomic mass is 10.0. The first-order chi connectivity index (χ1) is 6.81. The molecule has 2 rings (SSSR count). The van der Waals surface area contributed by atoms with Crippen LogP contribution >= 0.6 is 0 Å². The van der Waals surface area contributed by atoms with Crippen LogP contribution in [-0.2, 0) is 0 Å². The Kier molecular flexibility index (Phi) is 3.45. The second-order valence-electron chi connectivity index (χ2n) is 5.04. The van der Waals surface area contributed by atoms with Crippen LogP contribution < -0.4 is 5.32 Å². The summed E-state index contributed by atoms with van der Waals surface area (Å²) in [4.78, 5) is 2.70. The summed E-state index contributed by atoms with van der Waals surface area (Å²) >= 11 is 0. The van der Waals surface area contributed by atoms with Gasteiger partial charge >= 0.3 is 0 Å². The summed E-state index contributed by atoms with van der Waals surface area (Å²) in [5.41, 5.74) is 0. The fraction of sp³-hybridized carbons (Fsp3) is 1.00. The lowest BCUT2D eigenvalue weighted by Crippen LogP contribution is -2.43. The maximum absolute atomic E-state index is 3.64. The average Bonchev–Trinajstić information content (AvgIpc) is 2.93. The molecule has 2 unspecified atom stereocenters. The minimum atomic E-state index is 0.806. The van der Waals surface area contributed by atoms with E-state index < -0.39 is 0 Å². The first kappa shape index (κ1) is 10.4. The highest BCUT2D eigenvalue weighted by Crippen LogP contribution is 2.36. The van der Waals surface area contributed by atoms with Crippen LogP contribution in [0.25, 0.3) is 0 Å². The van der Waals surface area contributed by atoms with Crippen LogP contribution in [-0.4, -0.2) is 36.6 Å². The lowest BCUT2D eigenvalue weighted by Gasteiger charge is -2.32. The summed E-state index contributed by atoms with van der Waals surface area (Å²) in [5, 5.41) is 3.64. The van der Waals surface area contributed by atoms with Crippen molar-refractivity contribution in [3.8, 4) is 0 Å². The molecule has 14 heavy (non-hydrogen) atoms. The van der Waals surface area contributed by atoms with Crippen LogP contribution in [0.15, 0.2) is 0 Å². The van der Waals surface area contributed by atoms with E-state index in [9.17, 15) is 0 Å². The highest BCUT2D eigenvalue weighted by molar-refractivity contribution is 4.94.